The first-order valence-electron chi connectivity index (χ1n) is 8.35. The van der Waals surface area contributed by atoms with Gasteiger partial charge in [0.15, 0.2) is 0 Å². The smallest absolute Gasteiger partial charge is 0.862 e. The maximum absolute atomic E-state index is 11.6. The van der Waals surface area contributed by atoms with Gasteiger partial charge in [-0.25, -0.2) is 0 Å². The summed E-state index contributed by atoms with van der Waals surface area (Å²) in [6.45, 7) is 4.26. The monoisotopic (exact) mass is 322 g/mol. The van der Waals surface area contributed by atoms with Crippen molar-refractivity contribution >= 4 is 11.9 Å². The zero-order chi connectivity index (χ0) is 16.6. The van der Waals surface area contributed by atoms with Crippen molar-refractivity contribution in [2.75, 3.05) is 32.8 Å². The molecule has 6 nitrogen and oxygen atoms in total. The molecule has 0 aliphatic rings. The Bertz CT molecular complexity index is 314. The van der Waals surface area contributed by atoms with E-state index in [1.165, 1.54) is 19.3 Å². The van der Waals surface area contributed by atoms with Gasteiger partial charge in [0, 0.05) is 26.2 Å². The number of hydrogen-bond donors (Lipinski definition) is 2. The predicted octanol–water partition coefficient (Wildman–Crippen LogP) is -1.73. The Balaban J connectivity index is 0. The maximum atomic E-state index is 11.6. The summed E-state index contributed by atoms with van der Waals surface area (Å²) in [6, 6.07) is 0. The molecule has 0 aliphatic heterocycles. The molecule has 0 aromatic carbocycles. The van der Waals surface area contributed by atoms with Crippen molar-refractivity contribution in [3.8, 4) is 0 Å². The van der Waals surface area contributed by atoms with E-state index >= 15 is 0 Å². The summed E-state index contributed by atoms with van der Waals surface area (Å²) in [7, 11) is 0. The fourth-order valence-corrected chi connectivity index (χ4v) is 2.16. The average Bonchev–Trinajstić information content (AvgIpc) is 2.49. The number of aliphatic hydroxyl groups excluding tert-OH is 1. The van der Waals surface area contributed by atoms with E-state index in [4.69, 9.17) is 10.2 Å². The van der Waals surface area contributed by atoms with Crippen LogP contribution in [0.5, 0.6) is 0 Å². The maximum Gasteiger partial charge on any atom is 1.00 e. The van der Waals surface area contributed by atoms with Crippen LogP contribution in [0.2, 0.25) is 0 Å². The van der Waals surface area contributed by atoms with Gasteiger partial charge in [0.25, 0.3) is 0 Å². The third-order valence-electron chi connectivity index (χ3n) is 3.47. The molecule has 2 N–H and O–H groups in total. The van der Waals surface area contributed by atoms with Crippen LogP contribution in [0.1, 0.15) is 58.3 Å². The Morgan fingerprint density at radius 3 is 2.35 bits per heavy atom. The molecule has 0 atom stereocenters. The molecule has 0 fully saturated rings. The number of carboxylic acids is 1. The van der Waals surface area contributed by atoms with Crippen molar-refractivity contribution in [3.05, 3.63) is 0 Å². The van der Waals surface area contributed by atoms with E-state index in [9.17, 15) is 9.90 Å². The quantitative estimate of drug-likeness (QED) is 0.162. The molecule has 0 radical (unpaired) electrons. The number of hydrogen-bond acceptors (Lipinski definition) is 5. The molecule has 0 rings (SSSR count). The number of unbranched alkanes of at least 4 members (excludes halogenated alkanes) is 4. The first kappa shape index (κ1) is 24.7. The van der Waals surface area contributed by atoms with E-state index in [-0.39, 0.29) is 37.8 Å². The van der Waals surface area contributed by atoms with Gasteiger partial charge in [0.05, 0.1) is 13.0 Å². The molecular formula is C16H31LiN2O4. The number of aliphatic hydroxyl groups is 1. The second-order valence-electron chi connectivity index (χ2n) is 5.50. The van der Waals surface area contributed by atoms with Crippen LogP contribution in [0.4, 0.5) is 0 Å². The fraction of sp³-hybridized carbons (Fsp3) is 0.875. The Morgan fingerprint density at radius 2 is 1.74 bits per heavy atom. The van der Waals surface area contributed by atoms with Crippen molar-refractivity contribution in [1.29, 1.82) is 0 Å². The summed E-state index contributed by atoms with van der Waals surface area (Å²) < 4.78 is 0. The molecule has 0 saturated carbocycles. The van der Waals surface area contributed by atoms with Gasteiger partial charge in [-0.3, -0.25) is 4.79 Å². The SMILES string of the molecule is CCCCCCCC([O-])=NCCN(CCCO)CCC(=O)O.[Li+]. The Kier molecular flexibility index (Phi) is 19.1. The van der Waals surface area contributed by atoms with Crippen molar-refractivity contribution in [2.24, 2.45) is 4.99 Å². The van der Waals surface area contributed by atoms with Gasteiger partial charge in [-0.2, -0.15) is 0 Å². The molecule has 0 saturated heterocycles. The van der Waals surface area contributed by atoms with Gasteiger partial charge in [-0.1, -0.05) is 32.6 Å². The van der Waals surface area contributed by atoms with Gasteiger partial charge >= 0.3 is 24.8 Å². The first-order valence-corrected chi connectivity index (χ1v) is 8.35. The van der Waals surface area contributed by atoms with Gasteiger partial charge in [-0.05, 0) is 25.2 Å². The van der Waals surface area contributed by atoms with Crippen molar-refractivity contribution in [1.82, 2.24) is 4.90 Å². The molecule has 0 amide bonds. The van der Waals surface area contributed by atoms with Crippen LogP contribution in [-0.2, 0) is 4.79 Å². The summed E-state index contributed by atoms with van der Waals surface area (Å²) in [5.74, 6) is -0.897. The molecule has 23 heavy (non-hydrogen) atoms. The number of carbonyl (C=O) groups is 1. The Labute approximate surface area is 152 Å². The third kappa shape index (κ3) is 17.6. The second-order valence-corrected chi connectivity index (χ2v) is 5.50. The van der Waals surface area contributed by atoms with Crippen LogP contribution in [0, 0.1) is 0 Å². The van der Waals surface area contributed by atoms with Crippen LogP contribution < -0.4 is 24.0 Å². The molecular weight excluding hydrogens is 291 g/mol. The minimum absolute atomic E-state index is 0. The van der Waals surface area contributed by atoms with Gasteiger partial charge in [0.1, 0.15) is 0 Å². The van der Waals surface area contributed by atoms with Crippen LogP contribution >= 0.6 is 0 Å². The number of aliphatic carboxylic acids is 1. The third-order valence-corrected chi connectivity index (χ3v) is 3.47. The normalized spacial score (nSPS) is 11.5. The summed E-state index contributed by atoms with van der Waals surface area (Å²) in [5.41, 5.74) is 0. The second kappa shape index (κ2) is 17.8. The van der Waals surface area contributed by atoms with Crippen molar-refractivity contribution < 1.29 is 39.0 Å². The number of rotatable bonds is 15. The number of carboxylic acid groups (broad SMARTS) is 1. The van der Waals surface area contributed by atoms with E-state index < -0.39 is 5.97 Å². The minimum Gasteiger partial charge on any atom is -0.862 e. The van der Waals surface area contributed by atoms with Crippen LogP contribution in [0.25, 0.3) is 0 Å². The molecule has 7 heteroatoms. The molecule has 0 bridgehead atoms. The van der Waals surface area contributed by atoms with E-state index in [1.807, 2.05) is 4.90 Å². The summed E-state index contributed by atoms with van der Waals surface area (Å²) >= 11 is 0. The summed E-state index contributed by atoms with van der Waals surface area (Å²) in [6.07, 6.45) is 6.74. The Morgan fingerprint density at radius 1 is 1.04 bits per heavy atom. The molecule has 0 spiro atoms. The molecule has 130 valence electrons. The van der Waals surface area contributed by atoms with Gasteiger partial charge in [0.2, 0.25) is 0 Å². The number of aliphatic imine (C=N–C) groups is 1. The van der Waals surface area contributed by atoms with E-state index in [0.29, 0.717) is 39.0 Å². The topological polar surface area (TPSA) is 96.2 Å². The van der Waals surface area contributed by atoms with Gasteiger partial charge < -0.3 is 25.2 Å². The Hall–Kier alpha value is -0.543. The molecule has 0 aliphatic carbocycles. The van der Waals surface area contributed by atoms with Gasteiger partial charge in [-0.15, -0.1) is 0 Å². The predicted molar refractivity (Wildman–Crippen MR) is 86.1 cm³/mol. The zero-order valence-electron chi connectivity index (χ0n) is 14.8. The van der Waals surface area contributed by atoms with Crippen molar-refractivity contribution in [2.45, 2.75) is 58.3 Å². The molecule has 0 aromatic rings. The molecule has 0 heterocycles. The van der Waals surface area contributed by atoms with Crippen molar-refractivity contribution in [3.63, 3.8) is 0 Å². The number of nitrogens with zero attached hydrogens (tertiary/aromatic N) is 2. The standard InChI is InChI=1S/C16H32N2O4.Li/c1-2-3-4-5-6-8-15(20)17-10-13-18(11-7-14-19)12-9-16(21)22;/h19H,2-14H2,1H3,(H,17,20)(H,21,22);/q;+1/p-1. The summed E-state index contributed by atoms with van der Waals surface area (Å²) in [5, 5.41) is 29.2. The molecule has 0 unspecified atom stereocenters. The minimum atomic E-state index is -0.839. The fourth-order valence-electron chi connectivity index (χ4n) is 2.16. The summed E-state index contributed by atoms with van der Waals surface area (Å²) in [4.78, 5) is 16.6. The van der Waals surface area contributed by atoms with Crippen LogP contribution in [0.3, 0.4) is 0 Å². The van der Waals surface area contributed by atoms with Crippen LogP contribution in [0.15, 0.2) is 4.99 Å². The van der Waals surface area contributed by atoms with E-state index in [1.54, 1.807) is 0 Å². The first-order chi connectivity index (χ1) is 10.6. The van der Waals surface area contributed by atoms with E-state index in [0.717, 1.165) is 12.8 Å². The zero-order valence-corrected chi connectivity index (χ0v) is 14.8. The van der Waals surface area contributed by atoms with Crippen LogP contribution in [-0.4, -0.2) is 59.8 Å². The largest absolute Gasteiger partial charge is 1.00 e. The average molecular weight is 322 g/mol. The molecule has 0 aromatic heterocycles. The van der Waals surface area contributed by atoms with E-state index in [2.05, 4.69) is 11.9 Å².